The highest BCUT2D eigenvalue weighted by Crippen LogP contribution is 2.20. The molecule has 0 aromatic carbocycles. The Morgan fingerprint density at radius 3 is 2.50 bits per heavy atom. The number of amides is 1. The third-order valence-corrected chi connectivity index (χ3v) is 3.80. The van der Waals surface area contributed by atoms with Crippen LogP contribution in [0.4, 0.5) is 0 Å². The average Bonchev–Trinajstić information content (AvgIpc) is 2.98. The van der Waals surface area contributed by atoms with Crippen molar-refractivity contribution in [3.05, 3.63) is 0 Å². The Bertz CT molecular complexity index is 217. The predicted molar refractivity (Wildman–Crippen MR) is 70.5 cm³/mol. The van der Waals surface area contributed by atoms with E-state index >= 15 is 0 Å². The van der Waals surface area contributed by atoms with Gasteiger partial charge in [0, 0.05) is 6.04 Å². The third-order valence-electron chi connectivity index (χ3n) is 2.75. The molecule has 3 nitrogen and oxygen atoms in total. The Labute approximate surface area is 103 Å². The summed E-state index contributed by atoms with van der Waals surface area (Å²) in [5, 5.41) is 3.30. The number of primary amides is 1. The van der Waals surface area contributed by atoms with E-state index in [-0.39, 0.29) is 11.9 Å². The van der Waals surface area contributed by atoms with E-state index in [9.17, 15) is 4.79 Å². The van der Waals surface area contributed by atoms with Crippen molar-refractivity contribution in [2.45, 2.75) is 51.6 Å². The molecule has 1 unspecified atom stereocenters. The molecule has 1 atom stereocenters. The van der Waals surface area contributed by atoms with Crippen molar-refractivity contribution in [1.82, 2.24) is 5.32 Å². The monoisotopic (exact) mass is 244 g/mol. The van der Waals surface area contributed by atoms with Gasteiger partial charge in [-0.1, -0.05) is 13.8 Å². The molecule has 0 heterocycles. The van der Waals surface area contributed by atoms with Gasteiger partial charge in [-0.3, -0.25) is 4.79 Å². The van der Waals surface area contributed by atoms with Crippen molar-refractivity contribution < 1.29 is 4.79 Å². The fourth-order valence-electron chi connectivity index (χ4n) is 1.46. The molecule has 0 aromatic rings. The summed E-state index contributed by atoms with van der Waals surface area (Å²) in [6.45, 7) is 4.48. The highest BCUT2D eigenvalue weighted by molar-refractivity contribution is 7.99. The van der Waals surface area contributed by atoms with E-state index in [1.807, 2.05) is 11.8 Å². The van der Waals surface area contributed by atoms with Crippen molar-refractivity contribution in [2.75, 3.05) is 11.5 Å². The molecule has 94 valence electrons. The van der Waals surface area contributed by atoms with E-state index in [0.29, 0.717) is 6.04 Å². The normalized spacial score (nSPS) is 17.7. The first kappa shape index (κ1) is 13.8. The molecule has 1 amide bonds. The van der Waals surface area contributed by atoms with Crippen LogP contribution >= 0.6 is 11.8 Å². The maximum absolute atomic E-state index is 11.2. The molecular weight excluding hydrogens is 220 g/mol. The van der Waals surface area contributed by atoms with Gasteiger partial charge in [0.2, 0.25) is 5.91 Å². The van der Waals surface area contributed by atoms with Crippen LogP contribution in [0.15, 0.2) is 0 Å². The first-order chi connectivity index (χ1) is 7.59. The quantitative estimate of drug-likeness (QED) is 0.608. The molecule has 0 radical (unpaired) electrons. The molecule has 0 spiro atoms. The van der Waals surface area contributed by atoms with Gasteiger partial charge in [-0.2, -0.15) is 11.8 Å². The molecule has 1 aliphatic carbocycles. The Balaban J connectivity index is 2.05. The molecule has 1 aliphatic rings. The zero-order chi connectivity index (χ0) is 12.0. The predicted octanol–water partition coefficient (Wildman–Crippen LogP) is 1.76. The Morgan fingerprint density at radius 1 is 1.38 bits per heavy atom. The maximum atomic E-state index is 11.2. The zero-order valence-electron chi connectivity index (χ0n) is 10.4. The van der Waals surface area contributed by atoms with E-state index in [2.05, 4.69) is 19.2 Å². The van der Waals surface area contributed by atoms with Crippen LogP contribution in [0.5, 0.6) is 0 Å². The second-order valence-corrected chi connectivity index (χ2v) is 6.20. The summed E-state index contributed by atoms with van der Waals surface area (Å²) in [5.41, 5.74) is 5.37. The van der Waals surface area contributed by atoms with Crippen LogP contribution in [0.3, 0.4) is 0 Å². The average molecular weight is 244 g/mol. The number of hydrogen-bond donors (Lipinski definition) is 2. The third kappa shape index (κ3) is 6.38. The van der Waals surface area contributed by atoms with Crippen LogP contribution in [0.25, 0.3) is 0 Å². The summed E-state index contributed by atoms with van der Waals surface area (Å²) >= 11 is 1.93. The van der Waals surface area contributed by atoms with Crippen LogP contribution < -0.4 is 11.1 Å². The molecule has 0 saturated heterocycles. The second-order valence-electron chi connectivity index (χ2n) is 4.98. The lowest BCUT2D eigenvalue weighted by Gasteiger charge is -2.14. The highest BCUT2D eigenvalue weighted by Gasteiger charge is 2.26. The molecule has 0 aromatic heterocycles. The number of carbonyl (C=O) groups is 1. The van der Waals surface area contributed by atoms with Crippen molar-refractivity contribution in [3.63, 3.8) is 0 Å². The maximum Gasteiger partial charge on any atom is 0.234 e. The van der Waals surface area contributed by atoms with E-state index in [1.165, 1.54) is 25.0 Å². The van der Waals surface area contributed by atoms with E-state index in [4.69, 9.17) is 5.73 Å². The number of thioether (sulfide) groups is 1. The summed E-state index contributed by atoms with van der Waals surface area (Å²) in [7, 11) is 0. The molecule has 0 bridgehead atoms. The highest BCUT2D eigenvalue weighted by atomic mass is 32.2. The molecule has 3 N–H and O–H groups in total. The largest absolute Gasteiger partial charge is 0.368 e. The Hall–Kier alpha value is -0.220. The van der Waals surface area contributed by atoms with Gasteiger partial charge in [0.25, 0.3) is 0 Å². The lowest BCUT2D eigenvalue weighted by molar-refractivity contribution is -0.120. The smallest absolute Gasteiger partial charge is 0.234 e. The van der Waals surface area contributed by atoms with Crippen LogP contribution in [0.2, 0.25) is 0 Å². The molecule has 1 fully saturated rings. The minimum atomic E-state index is -0.198. The molecule has 4 heteroatoms. The van der Waals surface area contributed by atoms with Crippen LogP contribution in [0, 0.1) is 5.92 Å². The first-order valence-electron chi connectivity index (χ1n) is 6.22. The number of hydrogen-bond acceptors (Lipinski definition) is 3. The minimum Gasteiger partial charge on any atom is -0.368 e. The summed E-state index contributed by atoms with van der Waals surface area (Å²) in [4.78, 5) is 11.2. The lowest BCUT2D eigenvalue weighted by Crippen LogP contribution is -2.42. The van der Waals surface area contributed by atoms with Gasteiger partial charge in [-0.25, -0.2) is 0 Å². The molecule has 0 aliphatic heterocycles. The summed E-state index contributed by atoms with van der Waals surface area (Å²) in [6.07, 6.45) is 4.52. The van der Waals surface area contributed by atoms with Crippen LogP contribution in [-0.4, -0.2) is 29.5 Å². The van der Waals surface area contributed by atoms with Crippen molar-refractivity contribution >= 4 is 17.7 Å². The van der Waals surface area contributed by atoms with Gasteiger partial charge in [0.05, 0.1) is 6.04 Å². The summed E-state index contributed by atoms with van der Waals surface area (Å²) in [6, 6.07) is 0.442. The molecule has 16 heavy (non-hydrogen) atoms. The van der Waals surface area contributed by atoms with Gasteiger partial charge >= 0.3 is 0 Å². The first-order valence-corrected chi connectivity index (χ1v) is 7.38. The minimum absolute atomic E-state index is 0.112. The fourth-order valence-corrected chi connectivity index (χ4v) is 2.71. The SMILES string of the molecule is CC(C)CCSCCC(NC1CC1)C(N)=O. The standard InChI is InChI=1S/C12H24N2OS/c1-9(2)5-7-16-8-6-11(12(13)15)14-10-3-4-10/h9-11,14H,3-8H2,1-2H3,(H2,13,15). The van der Waals surface area contributed by atoms with E-state index in [1.54, 1.807) is 0 Å². The summed E-state index contributed by atoms with van der Waals surface area (Å²) < 4.78 is 0. The molecular formula is C12H24N2OS. The Kier molecular flexibility index (Phi) is 6.21. The lowest BCUT2D eigenvalue weighted by atomic mass is 10.2. The van der Waals surface area contributed by atoms with E-state index < -0.39 is 0 Å². The van der Waals surface area contributed by atoms with Crippen LogP contribution in [-0.2, 0) is 4.79 Å². The van der Waals surface area contributed by atoms with Gasteiger partial charge < -0.3 is 11.1 Å². The van der Waals surface area contributed by atoms with Gasteiger partial charge in [0.15, 0.2) is 0 Å². The van der Waals surface area contributed by atoms with Crippen LogP contribution in [0.1, 0.15) is 39.5 Å². The summed E-state index contributed by atoms with van der Waals surface area (Å²) in [5.74, 6) is 2.78. The number of carbonyl (C=O) groups excluding carboxylic acids is 1. The molecule has 1 saturated carbocycles. The number of nitrogens with two attached hydrogens (primary N) is 1. The fraction of sp³-hybridized carbons (Fsp3) is 0.917. The van der Waals surface area contributed by atoms with Gasteiger partial charge in [-0.05, 0) is 43.1 Å². The number of nitrogens with one attached hydrogen (secondary N) is 1. The zero-order valence-corrected chi connectivity index (χ0v) is 11.2. The van der Waals surface area contributed by atoms with Crippen molar-refractivity contribution in [3.8, 4) is 0 Å². The Morgan fingerprint density at radius 2 is 2.00 bits per heavy atom. The van der Waals surface area contributed by atoms with Gasteiger partial charge in [0.1, 0.15) is 0 Å². The number of rotatable bonds is 9. The second kappa shape index (κ2) is 7.17. The van der Waals surface area contributed by atoms with Crippen molar-refractivity contribution in [2.24, 2.45) is 11.7 Å². The van der Waals surface area contributed by atoms with Gasteiger partial charge in [-0.15, -0.1) is 0 Å². The topological polar surface area (TPSA) is 55.1 Å². The molecule has 1 rings (SSSR count). The van der Waals surface area contributed by atoms with E-state index in [0.717, 1.165) is 18.1 Å². The van der Waals surface area contributed by atoms with Crippen molar-refractivity contribution in [1.29, 1.82) is 0 Å².